The molecule has 2 aliphatic heterocycles. The van der Waals surface area contributed by atoms with E-state index in [-0.39, 0.29) is 11.8 Å². The topological polar surface area (TPSA) is 79.5 Å². The zero-order valence-electron chi connectivity index (χ0n) is 24.5. The van der Waals surface area contributed by atoms with Gasteiger partial charge in [0.15, 0.2) is 0 Å². The van der Waals surface area contributed by atoms with Crippen molar-refractivity contribution in [1.29, 1.82) is 0 Å². The van der Waals surface area contributed by atoms with Crippen LogP contribution in [0.2, 0.25) is 5.02 Å². The largest absolute Gasteiger partial charge is 0.383 e. The molecule has 0 saturated carbocycles. The summed E-state index contributed by atoms with van der Waals surface area (Å²) in [4.78, 5) is 23.5. The number of benzene rings is 1. The van der Waals surface area contributed by atoms with Crippen LogP contribution < -0.4 is 16.0 Å². The summed E-state index contributed by atoms with van der Waals surface area (Å²) < 4.78 is 5.55. The fourth-order valence-electron chi connectivity index (χ4n) is 4.28. The summed E-state index contributed by atoms with van der Waals surface area (Å²) in [6, 6.07) is 7.94. The molecule has 2 heterocycles. The first-order chi connectivity index (χ1) is 18.4. The van der Waals surface area contributed by atoms with Crippen LogP contribution in [0, 0.1) is 0 Å². The van der Waals surface area contributed by atoms with Gasteiger partial charge in [0.1, 0.15) is 0 Å². The number of nitrogens with one attached hydrogen (secondary N) is 3. The van der Waals surface area contributed by atoms with E-state index in [0.29, 0.717) is 17.6 Å². The standard InChI is InChI=1S/C25H37ClN2O2.C4H7NO.C2H6/c1-5-8-9-22(23(7-3)28-21-14-15-30-17-21)24(18(4)6-2)25(29)27-16-19-10-12-20(26)13-11-19;6-4-2-1-3-5-4;1-2/h10-13,21,28H,5-9,14-17H2,1-4H3,(H,27,29);1-3H2,(H,5,6);1-2H3/b23-22-,24-18?;;. The average Bonchev–Trinajstić information content (AvgIpc) is 3.64. The average molecular weight is 548 g/mol. The molecule has 38 heavy (non-hydrogen) atoms. The first-order valence-corrected chi connectivity index (χ1v) is 14.8. The maximum atomic E-state index is 13.4. The molecular formula is C31H50ClN3O3. The van der Waals surface area contributed by atoms with E-state index in [4.69, 9.17) is 16.3 Å². The molecule has 2 amide bonds. The molecule has 0 aromatic heterocycles. The zero-order chi connectivity index (χ0) is 28.3. The van der Waals surface area contributed by atoms with Crippen LogP contribution in [0.3, 0.4) is 0 Å². The van der Waals surface area contributed by atoms with Crippen molar-refractivity contribution in [1.82, 2.24) is 16.0 Å². The third-order valence-electron chi connectivity index (χ3n) is 6.56. The molecule has 0 spiro atoms. The molecule has 2 fully saturated rings. The van der Waals surface area contributed by atoms with Gasteiger partial charge in [0.25, 0.3) is 5.91 Å². The van der Waals surface area contributed by atoms with Crippen molar-refractivity contribution in [2.45, 2.75) is 105 Å². The minimum atomic E-state index is 0.00539. The van der Waals surface area contributed by atoms with E-state index in [9.17, 15) is 9.59 Å². The number of halogens is 1. The van der Waals surface area contributed by atoms with Gasteiger partial charge in [-0.1, -0.05) is 70.3 Å². The van der Waals surface area contributed by atoms with Gasteiger partial charge in [-0.3, -0.25) is 9.59 Å². The number of hydrogen-bond donors (Lipinski definition) is 3. The minimum absolute atomic E-state index is 0.00539. The zero-order valence-corrected chi connectivity index (χ0v) is 25.2. The normalized spacial score (nSPS) is 17.7. The van der Waals surface area contributed by atoms with Crippen molar-refractivity contribution < 1.29 is 14.3 Å². The Labute approximate surface area is 236 Å². The summed E-state index contributed by atoms with van der Waals surface area (Å²) in [6.07, 6.45) is 7.56. The Kier molecular flexibility index (Phi) is 17.5. The number of unbranched alkanes of at least 4 members (excludes halogenated alkanes) is 1. The first-order valence-electron chi connectivity index (χ1n) is 14.4. The molecule has 0 radical (unpaired) electrons. The number of allylic oxidation sites excluding steroid dienone is 2. The molecule has 1 atom stereocenters. The third-order valence-corrected chi connectivity index (χ3v) is 6.81. The molecule has 3 N–H and O–H groups in total. The molecule has 214 valence electrons. The van der Waals surface area contributed by atoms with E-state index >= 15 is 0 Å². The van der Waals surface area contributed by atoms with Crippen molar-refractivity contribution in [2.75, 3.05) is 19.8 Å². The van der Waals surface area contributed by atoms with Crippen molar-refractivity contribution in [2.24, 2.45) is 0 Å². The van der Waals surface area contributed by atoms with Gasteiger partial charge in [-0.15, -0.1) is 0 Å². The lowest BCUT2D eigenvalue weighted by atomic mass is 9.91. The number of hydrogen-bond acceptors (Lipinski definition) is 4. The van der Waals surface area contributed by atoms with Crippen molar-refractivity contribution in [3.63, 3.8) is 0 Å². The highest BCUT2D eigenvalue weighted by atomic mass is 35.5. The van der Waals surface area contributed by atoms with Gasteiger partial charge in [-0.25, -0.2) is 0 Å². The smallest absolute Gasteiger partial charge is 0.251 e. The molecule has 0 bridgehead atoms. The summed E-state index contributed by atoms with van der Waals surface area (Å²) in [5.74, 6) is 0.209. The number of ether oxygens (including phenoxy) is 1. The van der Waals surface area contributed by atoms with Gasteiger partial charge in [0, 0.05) is 42.4 Å². The fourth-order valence-corrected chi connectivity index (χ4v) is 4.41. The van der Waals surface area contributed by atoms with E-state index in [1.807, 2.05) is 38.1 Å². The van der Waals surface area contributed by atoms with Crippen molar-refractivity contribution in [3.05, 3.63) is 57.3 Å². The van der Waals surface area contributed by atoms with E-state index in [2.05, 4.69) is 43.6 Å². The first kappa shape index (κ1) is 33.7. The Bertz CT molecular complexity index is 895. The Hall–Kier alpha value is -2.31. The molecule has 7 heteroatoms. The second kappa shape index (κ2) is 19.7. The van der Waals surface area contributed by atoms with E-state index in [1.54, 1.807) is 0 Å². The van der Waals surface area contributed by atoms with Crippen LogP contribution in [0.1, 0.15) is 98.5 Å². The maximum Gasteiger partial charge on any atom is 0.251 e. The molecule has 1 aromatic rings. The Morgan fingerprint density at radius 3 is 2.32 bits per heavy atom. The highest BCUT2D eigenvalue weighted by Crippen LogP contribution is 2.27. The lowest BCUT2D eigenvalue weighted by molar-refractivity contribution is -0.119. The molecule has 2 saturated heterocycles. The maximum absolute atomic E-state index is 13.4. The Morgan fingerprint density at radius 2 is 1.84 bits per heavy atom. The number of amides is 2. The molecule has 3 rings (SSSR count). The summed E-state index contributed by atoms with van der Waals surface area (Å²) in [5.41, 5.74) is 5.37. The molecule has 0 aliphatic carbocycles. The van der Waals surface area contributed by atoms with Crippen LogP contribution in [0.15, 0.2) is 46.7 Å². The molecular weight excluding hydrogens is 498 g/mol. The highest BCUT2D eigenvalue weighted by molar-refractivity contribution is 6.30. The number of rotatable bonds is 11. The summed E-state index contributed by atoms with van der Waals surface area (Å²) in [6.45, 7) is 15.5. The van der Waals surface area contributed by atoms with Gasteiger partial charge < -0.3 is 20.7 Å². The molecule has 1 unspecified atom stereocenters. The summed E-state index contributed by atoms with van der Waals surface area (Å²) in [5, 5.41) is 10.2. The monoisotopic (exact) mass is 547 g/mol. The lowest BCUT2D eigenvalue weighted by Gasteiger charge is -2.23. The van der Waals surface area contributed by atoms with Gasteiger partial charge in [0.05, 0.1) is 12.6 Å². The molecule has 6 nitrogen and oxygen atoms in total. The van der Waals surface area contributed by atoms with E-state index in [1.165, 1.54) is 11.3 Å². The quantitative estimate of drug-likeness (QED) is 0.209. The Morgan fingerprint density at radius 1 is 1.13 bits per heavy atom. The minimum Gasteiger partial charge on any atom is -0.383 e. The molecule has 2 aliphatic rings. The van der Waals surface area contributed by atoms with E-state index < -0.39 is 0 Å². The predicted octanol–water partition coefficient (Wildman–Crippen LogP) is 6.84. The van der Waals surface area contributed by atoms with Crippen molar-refractivity contribution in [3.8, 4) is 0 Å². The second-order valence-corrected chi connectivity index (χ2v) is 9.83. The van der Waals surface area contributed by atoms with Crippen molar-refractivity contribution >= 4 is 23.4 Å². The highest BCUT2D eigenvalue weighted by Gasteiger charge is 2.23. The number of carbonyl (C=O) groups is 2. The summed E-state index contributed by atoms with van der Waals surface area (Å²) >= 11 is 5.98. The molecule has 1 aromatic carbocycles. The van der Waals surface area contributed by atoms with Crippen LogP contribution >= 0.6 is 11.6 Å². The Balaban J connectivity index is 0.000000777. The van der Waals surface area contributed by atoms with Crippen LogP contribution in [0.5, 0.6) is 0 Å². The van der Waals surface area contributed by atoms with Gasteiger partial charge in [-0.2, -0.15) is 0 Å². The van der Waals surface area contributed by atoms with Crippen LogP contribution in [-0.4, -0.2) is 37.6 Å². The van der Waals surface area contributed by atoms with Crippen LogP contribution in [0.4, 0.5) is 0 Å². The fraction of sp³-hybridized carbons (Fsp3) is 0.613. The predicted molar refractivity (Wildman–Crippen MR) is 159 cm³/mol. The second-order valence-electron chi connectivity index (χ2n) is 9.39. The summed E-state index contributed by atoms with van der Waals surface area (Å²) in [7, 11) is 0. The number of carbonyl (C=O) groups excluding carboxylic acids is 2. The lowest BCUT2D eigenvalue weighted by Crippen LogP contribution is -2.32. The van der Waals surface area contributed by atoms with Crippen LogP contribution in [-0.2, 0) is 20.9 Å². The SMILES string of the molecule is CC.CCCC/C(C(C(=O)NCc1ccc(Cl)cc1)=C(C)CC)=C(\CC)NC1CCOC1.O=C1CCCN1. The van der Waals surface area contributed by atoms with Gasteiger partial charge >= 0.3 is 0 Å². The van der Waals surface area contributed by atoms with Gasteiger partial charge in [-0.05, 0) is 68.7 Å². The van der Waals surface area contributed by atoms with Gasteiger partial charge in [0.2, 0.25) is 5.91 Å². The third kappa shape index (κ3) is 12.0. The van der Waals surface area contributed by atoms with Crippen LogP contribution in [0.25, 0.3) is 0 Å². The van der Waals surface area contributed by atoms with E-state index in [0.717, 1.165) is 87.8 Å².